The van der Waals surface area contributed by atoms with Gasteiger partial charge in [-0.15, -0.1) is 5.54 Å². The Morgan fingerprint density at radius 1 is 1.17 bits per heavy atom. The Labute approximate surface area is 136 Å². The molecule has 0 saturated carbocycles. The predicted molar refractivity (Wildman–Crippen MR) is 91.7 cm³/mol. The molecule has 2 aromatic rings. The van der Waals surface area contributed by atoms with E-state index in [9.17, 15) is 8.78 Å². The molecule has 120 valence electrons. The number of hydrogen-bond donors (Lipinski definition) is 1. The van der Waals surface area contributed by atoms with Crippen LogP contribution in [-0.2, 0) is 0 Å². The number of halogens is 2. The smallest absolute Gasteiger partial charge is 0.280 e. The molecule has 1 heterocycles. The molecular formula is C17H19F2N3Si. The third-order valence-electron chi connectivity index (χ3n) is 2.82. The summed E-state index contributed by atoms with van der Waals surface area (Å²) in [5.41, 5.74) is 5.66. The maximum absolute atomic E-state index is 12.7. The van der Waals surface area contributed by atoms with Gasteiger partial charge in [-0.2, -0.15) is 0 Å². The minimum absolute atomic E-state index is 0.150. The van der Waals surface area contributed by atoms with Crippen LogP contribution in [0.15, 0.2) is 30.5 Å². The average molecular weight is 331 g/mol. The first-order valence-electron chi connectivity index (χ1n) is 7.26. The molecule has 1 aromatic carbocycles. The zero-order valence-corrected chi connectivity index (χ0v) is 14.6. The van der Waals surface area contributed by atoms with Gasteiger partial charge < -0.3 is 5.32 Å². The van der Waals surface area contributed by atoms with Gasteiger partial charge in [-0.1, -0.05) is 25.6 Å². The molecule has 0 bridgehead atoms. The lowest BCUT2D eigenvalue weighted by Gasteiger charge is -2.08. The van der Waals surface area contributed by atoms with E-state index in [4.69, 9.17) is 0 Å². The van der Waals surface area contributed by atoms with E-state index in [1.165, 1.54) is 12.3 Å². The van der Waals surface area contributed by atoms with Crippen LogP contribution in [0.3, 0.4) is 0 Å². The molecule has 0 aliphatic rings. The Balaban J connectivity index is 2.28. The highest BCUT2D eigenvalue weighted by Crippen LogP contribution is 2.20. The predicted octanol–water partition coefficient (Wildman–Crippen LogP) is 4.70. The molecule has 0 spiro atoms. The summed E-state index contributed by atoms with van der Waals surface area (Å²) in [7, 11) is -1.46. The molecule has 0 aliphatic carbocycles. The first-order chi connectivity index (χ1) is 10.7. The van der Waals surface area contributed by atoms with Gasteiger partial charge in [-0.05, 0) is 36.8 Å². The molecule has 0 fully saturated rings. The summed E-state index contributed by atoms with van der Waals surface area (Å²) in [6.45, 7) is 8.50. The molecule has 0 atom stereocenters. The fraction of sp³-hybridized carbons (Fsp3) is 0.294. The van der Waals surface area contributed by atoms with Crippen LogP contribution in [0.5, 0.6) is 0 Å². The van der Waals surface area contributed by atoms with Crippen LogP contribution in [-0.4, -0.2) is 18.0 Å². The van der Waals surface area contributed by atoms with Crippen LogP contribution in [0, 0.1) is 18.4 Å². The van der Waals surface area contributed by atoms with E-state index in [-0.39, 0.29) is 11.6 Å². The number of rotatable bonds is 3. The number of alkyl halides is 2. The second-order valence-electron chi connectivity index (χ2n) is 6.32. The zero-order chi connectivity index (χ0) is 17.0. The first kappa shape index (κ1) is 17.1. The van der Waals surface area contributed by atoms with E-state index < -0.39 is 14.5 Å². The SMILES string of the molecule is Cc1cc(C#C[Si](C)(C)C)cc(Nc2nccc(C(F)F)n2)c1. The summed E-state index contributed by atoms with van der Waals surface area (Å²) < 4.78 is 25.4. The van der Waals surface area contributed by atoms with E-state index in [1.54, 1.807) is 0 Å². The van der Waals surface area contributed by atoms with Crippen LogP contribution < -0.4 is 5.32 Å². The summed E-state index contributed by atoms with van der Waals surface area (Å²) in [6, 6.07) is 6.97. The molecule has 0 saturated heterocycles. The summed E-state index contributed by atoms with van der Waals surface area (Å²) in [4.78, 5) is 7.79. The molecular weight excluding hydrogens is 312 g/mol. The van der Waals surface area contributed by atoms with Crippen molar-refractivity contribution >= 4 is 19.7 Å². The van der Waals surface area contributed by atoms with Gasteiger partial charge in [0, 0.05) is 17.4 Å². The first-order valence-corrected chi connectivity index (χ1v) is 10.8. The second kappa shape index (κ2) is 6.88. The molecule has 2 rings (SSSR count). The van der Waals surface area contributed by atoms with Crippen molar-refractivity contribution in [3.63, 3.8) is 0 Å². The highest BCUT2D eigenvalue weighted by atomic mass is 28.3. The number of aromatic nitrogens is 2. The molecule has 6 heteroatoms. The fourth-order valence-electron chi connectivity index (χ4n) is 1.87. The highest BCUT2D eigenvalue weighted by Gasteiger charge is 2.10. The summed E-state index contributed by atoms with van der Waals surface area (Å²) in [5.74, 6) is 3.34. The van der Waals surface area contributed by atoms with Crippen molar-refractivity contribution in [2.45, 2.75) is 33.0 Å². The van der Waals surface area contributed by atoms with Crippen LogP contribution in [0.1, 0.15) is 23.2 Å². The zero-order valence-electron chi connectivity index (χ0n) is 13.6. The van der Waals surface area contributed by atoms with Gasteiger partial charge in [0.1, 0.15) is 13.8 Å². The molecule has 0 aliphatic heterocycles. The van der Waals surface area contributed by atoms with Gasteiger partial charge in [-0.3, -0.25) is 0 Å². The van der Waals surface area contributed by atoms with Gasteiger partial charge in [0.15, 0.2) is 0 Å². The molecule has 23 heavy (non-hydrogen) atoms. The van der Waals surface area contributed by atoms with Gasteiger partial charge in [0.2, 0.25) is 5.95 Å². The summed E-state index contributed by atoms with van der Waals surface area (Å²) in [6.07, 6.45) is -1.30. The van der Waals surface area contributed by atoms with Crippen molar-refractivity contribution in [1.29, 1.82) is 0 Å². The number of benzene rings is 1. The topological polar surface area (TPSA) is 37.8 Å². The molecule has 1 aromatic heterocycles. The normalized spacial score (nSPS) is 11.1. The molecule has 1 N–H and O–H groups in total. The Bertz CT molecular complexity index is 758. The highest BCUT2D eigenvalue weighted by molar-refractivity contribution is 6.83. The van der Waals surface area contributed by atoms with E-state index in [2.05, 4.69) is 46.4 Å². The maximum atomic E-state index is 12.7. The fourth-order valence-corrected chi connectivity index (χ4v) is 2.39. The van der Waals surface area contributed by atoms with E-state index in [0.29, 0.717) is 0 Å². The maximum Gasteiger partial charge on any atom is 0.280 e. The van der Waals surface area contributed by atoms with Crippen LogP contribution in [0.2, 0.25) is 19.6 Å². The van der Waals surface area contributed by atoms with Crippen LogP contribution in [0.4, 0.5) is 20.4 Å². The number of nitrogens with one attached hydrogen (secondary N) is 1. The Kier molecular flexibility index (Phi) is 5.11. The minimum atomic E-state index is -2.62. The third-order valence-corrected chi connectivity index (χ3v) is 3.69. The number of aryl methyl sites for hydroxylation is 1. The van der Waals surface area contributed by atoms with Gasteiger partial charge >= 0.3 is 0 Å². The molecule has 0 unspecified atom stereocenters. The number of nitrogens with zero attached hydrogens (tertiary/aromatic N) is 2. The third kappa shape index (κ3) is 5.46. The largest absolute Gasteiger partial charge is 0.324 e. The van der Waals surface area contributed by atoms with Gasteiger partial charge in [0.25, 0.3) is 6.43 Å². The lowest BCUT2D eigenvalue weighted by molar-refractivity contribution is 0.146. The van der Waals surface area contributed by atoms with Gasteiger partial charge in [0.05, 0.1) is 0 Å². The van der Waals surface area contributed by atoms with E-state index in [1.807, 2.05) is 25.1 Å². The summed E-state index contributed by atoms with van der Waals surface area (Å²) in [5, 5.41) is 2.97. The second-order valence-corrected chi connectivity index (χ2v) is 11.1. The average Bonchev–Trinajstić information content (AvgIpc) is 2.44. The van der Waals surface area contributed by atoms with Crippen LogP contribution in [0.25, 0.3) is 0 Å². The standard InChI is InChI=1S/C17H19F2N3Si/c1-12-9-13(6-8-23(2,3)4)11-14(10-12)21-17-20-7-5-15(22-17)16(18)19/h5,7,9-11,16H,1-4H3,(H,20,21,22). The van der Waals surface area contributed by atoms with E-state index in [0.717, 1.165) is 16.8 Å². The monoisotopic (exact) mass is 331 g/mol. The molecule has 0 amide bonds. The van der Waals surface area contributed by atoms with Crippen molar-refractivity contribution in [2.24, 2.45) is 0 Å². The Hall–Kier alpha value is -2.26. The van der Waals surface area contributed by atoms with Crippen molar-refractivity contribution in [3.05, 3.63) is 47.3 Å². The quantitative estimate of drug-likeness (QED) is 0.654. The van der Waals surface area contributed by atoms with Crippen LogP contribution >= 0.6 is 0 Å². The number of anilines is 2. The Morgan fingerprint density at radius 2 is 1.91 bits per heavy atom. The molecule has 3 nitrogen and oxygen atoms in total. The lowest BCUT2D eigenvalue weighted by Crippen LogP contribution is -2.16. The van der Waals surface area contributed by atoms with Crippen molar-refractivity contribution < 1.29 is 8.78 Å². The number of hydrogen-bond acceptors (Lipinski definition) is 3. The lowest BCUT2D eigenvalue weighted by atomic mass is 10.1. The Morgan fingerprint density at radius 3 is 2.57 bits per heavy atom. The van der Waals surface area contributed by atoms with Crippen molar-refractivity contribution in [1.82, 2.24) is 9.97 Å². The van der Waals surface area contributed by atoms with E-state index >= 15 is 0 Å². The molecule has 0 radical (unpaired) electrons. The van der Waals surface area contributed by atoms with Gasteiger partial charge in [-0.25, -0.2) is 18.7 Å². The minimum Gasteiger partial charge on any atom is -0.324 e. The van der Waals surface area contributed by atoms with Crippen molar-refractivity contribution in [2.75, 3.05) is 5.32 Å². The summed E-state index contributed by atoms with van der Waals surface area (Å²) >= 11 is 0. The van der Waals surface area contributed by atoms with Crippen molar-refractivity contribution in [3.8, 4) is 11.5 Å².